The van der Waals surface area contributed by atoms with E-state index in [0.29, 0.717) is 44.5 Å². The Morgan fingerprint density at radius 2 is 1.35 bits per heavy atom. The van der Waals surface area contributed by atoms with Crippen molar-refractivity contribution in [1.82, 2.24) is 4.90 Å². The van der Waals surface area contributed by atoms with Crippen LogP contribution < -0.4 is 0 Å². The zero-order valence-corrected chi connectivity index (χ0v) is 34.4. The minimum absolute atomic E-state index is 0.0440. The molecule has 0 aromatic rings. The van der Waals surface area contributed by atoms with Gasteiger partial charge in [0, 0.05) is 32.2 Å². The van der Waals surface area contributed by atoms with Crippen LogP contribution in [-0.4, -0.2) is 69.2 Å². The van der Waals surface area contributed by atoms with Crippen LogP contribution in [0.4, 0.5) is 0 Å². The molecule has 7 nitrogen and oxygen atoms in total. The van der Waals surface area contributed by atoms with Gasteiger partial charge in [0.05, 0.1) is 25.9 Å². The minimum atomic E-state index is -0.473. The molecule has 0 bridgehead atoms. The molecule has 7 heteroatoms. The molecule has 1 aliphatic rings. The number of unbranched alkanes of at least 4 members (excludes halogenated alkanes) is 12. The zero-order chi connectivity index (χ0) is 38.1. The minimum Gasteiger partial charge on any atom is -0.466 e. The van der Waals surface area contributed by atoms with Gasteiger partial charge in [-0.3, -0.25) is 9.59 Å². The van der Waals surface area contributed by atoms with Gasteiger partial charge < -0.3 is 23.8 Å². The van der Waals surface area contributed by atoms with Gasteiger partial charge in [-0.05, 0) is 95.7 Å². The number of carbonyl (C=O) groups is 2. The number of rotatable bonds is 34. The molecule has 52 heavy (non-hydrogen) atoms. The molecule has 1 saturated heterocycles. The van der Waals surface area contributed by atoms with E-state index in [0.717, 1.165) is 109 Å². The molecular formula is C45H79NO6. The maximum atomic E-state index is 12.3. The summed E-state index contributed by atoms with van der Waals surface area (Å²) in [4.78, 5) is 26.7. The third-order valence-corrected chi connectivity index (χ3v) is 10.3. The second-order valence-electron chi connectivity index (χ2n) is 15.6. The Morgan fingerprint density at radius 1 is 0.788 bits per heavy atom. The molecule has 4 atom stereocenters. The summed E-state index contributed by atoms with van der Waals surface area (Å²) in [6.07, 6.45) is 27.9. The molecular weight excluding hydrogens is 650 g/mol. The Labute approximate surface area is 320 Å². The van der Waals surface area contributed by atoms with Crippen LogP contribution in [0.25, 0.3) is 0 Å². The summed E-state index contributed by atoms with van der Waals surface area (Å²) in [6, 6.07) is 0. The fourth-order valence-corrected chi connectivity index (χ4v) is 6.84. The standard InChI is InChI=1S/C45H79NO6/c1-7-10-19-26-40(4)32-37-49-43(47)29-22-15-13-17-24-34-45(51-39-42(52-45)31-36-46(5)6)35-25-18-14-16-23-30-44(48)50-38-33-41(27-20-11-8-2)28-21-12-9-3/h27,40-42H,2,7,9-10,12-19,21-26,28-39H2,1,3-6H3. The Hall–Kier alpha value is -2.10. The molecule has 0 N–H and O–H groups in total. The predicted molar refractivity (Wildman–Crippen MR) is 214 cm³/mol. The highest BCUT2D eigenvalue weighted by Crippen LogP contribution is 2.35. The number of nitrogens with zero attached hydrogens (tertiary/aromatic N) is 1. The second kappa shape index (κ2) is 32.3. The topological polar surface area (TPSA) is 74.3 Å². The Morgan fingerprint density at radius 3 is 1.92 bits per heavy atom. The van der Waals surface area contributed by atoms with E-state index in [-0.39, 0.29) is 18.0 Å². The van der Waals surface area contributed by atoms with Gasteiger partial charge >= 0.3 is 11.9 Å². The fourth-order valence-electron chi connectivity index (χ4n) is 6.84. The number of hydrogen-bond acceptors (Lipinski definition) is 7. The van der Waals surface area contributed by atoms with E-state index in [1.54, 1.807) is 0 Å². The molecule has 0 aliphatic carbocycles. The molecule has 0 aromatic heterocycles. The maximum Gasteiger partial charge on any atom is 0.305 e. The van der Waals surface area contributed by atoms with Crippen LogP contribution in [0.1, 0.15) is 181 Å². The summed E-state index contributed by atoms with van der Waals surface area (Å²) in [5.41, 5.74) is 8.39. The van der Waals surface area contributed by atoms with Gasteiger partial charge in [-0.2, -0.15) is 0 Å². The highest BCUT2D eigenvalue weighted by molar-refractivity contribution is 5.69. The molecule has 1 heterocycles. The highest BCUT2D eigenvalue weighted by atomic mass is 16.7. The molecule has 1 rings (SSSR count). The second-order valence-corrected chi connectivity index (χ2v) is 15.6. The number of ether oxygens (including phenoxy) is 4. The van der Waals surface area contributed by atoms with Gasteiger partial charge in [0.2, 0.25) is 0 Å². The highest BCUT2D eigenvalue weighted by Gasteiger charge is 2.40. The number of carbonyl (C=O) groups excluding carboxylic acids is 2. The predicted octanol–water partition coefficient (Wildman–Crippen LogP) is 11.4. The van der Waals surface area contributed by atoms with E-state index in [9.17, 15) is 9.59 Å². The van der Waals surface area contributed by atoms with Crippen LogP contribution >= 0.6 is 0 Å². The van der Waals surface area contributed by atoms with Gasteiger partial charge in [-0.1, -0.05) is 116 Å². The lowest BCUT2D eigenvalue weighted by Gasteiger charge is -2.29. The van der Waals surface area contributed by atoms with E-state index >= 15 is 0 Å². The molecule has 0 saturated carbocycles. The fraction of sp³-hybridized carbons (Fsp3) is 0.844. The van der Waals surface area contributed by atoms with E-state index in [4.69, 9.17) is 18.9 Å². The van der Waals surface area contributed by atoms with Crippen molar-refractivity contribution in [3.05, 3.63) is 29.8 Å². The third-order valence-electron chi connectivity index (χ3n) is 10.3. The van der Waals surface area contributed by atoms with E-state index < -0.39 is 5.79 Å². The van der Waals surface area contributed by atoms with Crippen molar-refractivity contribution in [2.75, 3.05) is 40.5 Å². The average molecular weight is 730 g/mol. The summed E-state index contributed by atoms with van der Waals surface area (Å²) in [5, 5.41) is 0. The SMILES string of the molecule is C=C=C=C=CC(CCCCC)CCOC(=O)CCCCCCCC1(CCCCCCCC(=O)OCCC(C)CCCCC)OCC(CCN(C)C)O1. The normalized spacial score (nSPS) is 18.0. The molecule has 0 radical (unpaired) electrons. The summed E-state index contributed by atoms with van der Waals surface area (Å²) in [6.45, 7) is 12.9. The first kappa shape index (κ1) is 47.9. The smallest absolute Gasteiger partial charge is 0.305 e. The van der Waals surface area contributed by atoms with Crippen molar-refractivity contribution in [3.63, 3.8) is 0 Å². The van der Waals surface area contributed by atoms with Crippen molar-refractivity contribution in [1.29, 1.82) is 0 Å². The van der Waals surface area contributed by atoms with Crippen LogP contribution in [0.15, 0.2) is 29.8 Å². The number of allylic oxidation sites excluding steroid dienone is 1. The van der Waals surface area contributed by atoms with Crippen LogP contribution in [0.5, 0.6) is 0 Å². The number of esters is 2. The quantitative estimate of drug-likeness (QED) is 0.0371. The Kier molecular flexibility index (Phi) is 29.8. The largest absolute Gasteiger partial charge is 0.466 e. The van der Waals surface area contributed by atoms with E-state index in [1.807, 2.05) is 6.08 Å². The molecule has 1 aliphatic heterocycles. The van der Waals surface area contributed by atoms with Crippen molar-refractivity contribution in [3.8, 4) is 0 Å². The van der Waals surface area contributed by atoms with Gasteiger partial charge in [-0.15, -0.1) is 0 Å². The lowest BCUT2D eigenvalue weighted by atomic mass is 9.98. The van der Waals surface area contributed by atoms with Crippen molar-refractivity contribution in [2.45, 2.75) is 193 Å². The monoisotopic (exact) mass is 730 g/mol. The first-order valence-corrected chi connectivity index (χ1v) is 21.4. The first-order chi connectivity index (χ1) is 25.2. The maximum absolute atomic E-state index is 12.3. The molecule has 0 aromatic carbocycles. The van der Waals surface area contributed by atoms with Gasteiger partial charge in [-0.25, -0.2) is 0 Å². The average Bonchev–Trinajstić information content (AvgIpc) is 3.53. The summed E-state index contributed by atoms with van der Waals surface area (Å²) in [5.74, 6) is 0.358. The first-order valence-electron chi connectivity index (χ1n) is 21.4. The summed E-state index contributed by atoms with van der Waals surface area (Å²) < 4.78 is 24.1. The van der Waals surface area contributed by atoms with E-state index in [1.165, 1.54) is 44.9 Å². The van der Waals surface area contributed by atoms with Crippen LogP contribution in [-0.2, 0) is 28.5 Å². The molecule has 0 spiro atoms. The molecule has 300 valence electrons. The van der Waals surface area contributed by atoms with Crippen LogP contribution in [0.3, 0.4) is 0 Å². The van der Waals surface area contributed by atoms with Gasteiger partial charge in [0.1, 0.15) is 0 Å². The number of hydrogen-bond donors (Lipinski definition) is 0. The molecule has 4 unspecified atom stereocenters. The van der Waals surface area contributed by atoms with Gasteiger partial charge in [0.15, 0.2) is 5.79 Å². The van der Waals surface area contributed by atoms with Crippen molar-refractivity contribution >= 4 is 11.9 Å². The Balaban J connectivity index is 2.29. The van der Waals surface area contributed by atoms with Crippen LogP contribution in [0, 0.1) is 11.8 Å². The van der Waals surface area contributed by atoms with Crippen molar-refractivity contribution < 1.29 is 28.5 Å². The summed E-state index contributed by atoms with van der Waals surface area (Å²) >= 11 is 0. The molecule has 0 amide bonds. The third kappa shape index (κ3) is 26.6. The molecule has 1 fully saturated rings. The van der Waals surface area contributed by atoms with Crippen molar-refractivity contribution in [2.24, 2.45) is 11.8 Å². The summed E-state index contributed by atoms with van der Waals surface area (Å²) in [7, 11) is 4.20. The van der Waals surface area contributed by atoms with E-state index in [2.05, 4.69) is 63.5 Å². The van der Waals surface area contributed by atoms with Gasteiger partial charge in [0.25, 0.3) is 0 Å². The zero-order valence-electron chi connectivity index (χ0n) is 34.4. The Bertz CT molecular complexity index is 1020. The van der Waals surface area contributed by atoms with Crippen LogP contribution in [0.2, 0.25) is 0 Å². The lowest BCUT2D eigenvalue weighted by molar-refractivity contribution is -0.180. The lowest BCUT2D eigenvalue weighted by Crippen LogP contribution is -2.31.